The molecule has 96 valence electrons. The van der Waals surface area contributed by atoms with E-state index >= 15 is 0 Å². The lowest BCUT2D eigenvalue weighted by Crippen LogP contribution is -2.06. The van der Waals surface area contributed by atoms with Crippen LogP contribution in [-0.2, 0) is 0 Å². The first-order valence-corrected chi connectivity index (χ1v) is 7.76. The Kier molecular flexibility index (Phi) is 3.07. The van der Waals surface area contributed by atoms with Crippen LogP contribution < -0.4 is 5.32 Å². The number of thiazole rings is 1. The highest BCUT2D eigenvalue weighted by atomic mass is 32.1. The van der Waals surface area contributed by atoms with E-state index in [9.17, 15) is 0 Å². The van der Waals surface area contributed by atoms with Crippen LogP contribution in [0, 0.1) is 13.8 Å². The van der Waals surface area contributed by atoms with Gasteiger partial charge in [0, 0.05) is 22.3 Å². The molecule has 1 atom stereocenters. The minimum atomic E-state index is 0.246. The molecule has 2 aromatic heterocycles. The molecule has 0 spiro atoms. The zero-order valence-corrected chi connectivity index (χ0v) is 12.4. The molecule has 2 heterocycles. The Labute approximate surface area is 115 Å². The summed E-state index contributed by atoms with van der Waals surface area (Å²) in [5.74, 6) is 1.64. The maximum Gasteiger partial charge on any atom is 0.203 e. The van der Waals surface area contributed by atoms with E-state index in [0.29, 0.717) is 5.92 Å². The highest BCUT2D eigenvalue weighted by molar-refractivity contribution is 7.12. The van der Waals surface area contributed by atoms with Crippen LogP contribution in [0.15, 0.2) is 0 Å². The van der Waals surface area contributed by atoms with Gasteiger partial charge in [-0.1, -0.05) is 0 Å². The molecule has 0 aromatic carbocycles. The van der Waals surface area contributed by atoms with Crippen molar-refractivity contribution in [2.75, 3.05) is 5.32 Å². The molecule has 1 fully saturated rings. The number of anilines is 1. The zero-order chi connectivity index (χ0) is 12.7. The Hall–Kier alpha value is -1.01. The van der Waals surface area contributed by atoms with E-state index in [2.05, 4.69) is 33.5 Å². The first-order chi connectivity index (χ1) is 8.63. The molecular formula is C12H16N4S2. The Morgan fingerprint density at radius 1 is 1.28 bits per heavy atom. The average molecular weight is 280 g/mol. The molecule has 4 nitrogen and oxygen atoms in total. The minimum Gasteiger partial charge on any atom is -0.353 e. The monoisotopic (exact) mass is 280 g/mol. The number of rotatable bonds is 4. The Balaban J connectivity index is 1.72. The number of nitrogens with one attached hydrogen (secondary N) is 1. The fourth-order valence-electron chi connectivity index (χ4n) is 2.00. The largest absolute Gasteiger partial charge is 0.353 e. The molecule has 18 heavy (non-hydrogen) atoms. The normalized spacial score (nSPS) is 16.8. The number of nitrogens with zero attached hydrogens (tertiary/aromatic N) is 3. The van der Waals surface area contributed by atoms with Crippen molar-refractivity contribution in [1.29, 1.82) is 0 Å². The summed E-state index contributed by atoms with van der Waals surface area (Å²) in [6.07, 6.45) is 2.50. The van der Waals surface area contributed by atoms with Crippen LogP contribution in [0.3, 0.4) is 0 Å². The van der Waals surface area contributed by atoms with E-state index in [0.717, 1.165) is 21.7 Å². The van der Waals surface area contributed by atoms with Gasteiger partial charge in [-0.15, -0.1) is 11.3 Å². The Morgan fingerprint density at radius 2 is 2.06 bits per heavy atom. The summed E-state index contributed by atoms with van der Waals surface area (Å²) in [5, 5.41) is 5.47. The van der Waals surface area contributed by atoms with Crippen molar-refractivity contribution in [3.63, 3.8) is 0 Å². The van der Waals surface area contributed by atoms with Crippen molar-refractivity contribution >= 4 is 28.0 Å². The van der Waals surface area contributed by atoms with E-state index in [1.807, 2.05) is 6.92 Å². The lowest BCUT2D eigenvalue weighted by Gasteiger charge is -2.10. The molecular weight excluding hydrogens is 264 g/mol. The average Bonchev–Trinajstić information content (AvgIpc) is 2.97. The van der Waals surface area contributed by atoms with Crippen molar-refractivity contribution in [3.8, 4) is 0 Å². The third-order valence-electron chi connectivity index (χ3n) is 3.06. The van der Waals surface area contributed by atoms with Crippen LogP contribution >= 0.6 is 22.9 Å². The quantitative estimate of drug-likeness (QED) is 0.928. The second-order valence-corrected chi connectivity index (χ2v) is 6.77. The summed E-state index contributed by atoms with van der Waals surface area (Å²) >= 11 is 3.22. The Bertz CT molecular complexity index is 556. The van der Waals surface area contributed by atoms with Crippen molar-refractivity contribution in [2.24, 2.45) is 0 Å². The van der Waals surface area contributed by atoms with E-state index < -0.39 is 0 Å². The number of aryl methyl sites for hydroxylation is 2. The van der Waals surface area contributed by atoms with Gasteiger partial charge in [-0.25, -0.2) is 9.97 Å². The molecule has 3 rings (SSSR count). The maximum absolute atomic E-state index is 4.55. The fraction of sp³-hybridized carbons (Fsp3) is 0.583. The van der Waals surface area contributed by atoms with Gasteiger partial charge in [0.05, 0.1) is 16.7 Å². The summed E-state index contributed by atoms with van der Waals surface area (Å²) in [7, 11) is 0. The van der Waals surface area contributed by atoms with Gasteiger partial charge in [0.2, 0.25) is 5.13 Å². The molecule has 1 saturated carbocycles. The molecule has 0 aliphatic heterocycles. The summed E-state index contributed by atoms with van der Waals surface area (Å²) in [4.78, 5) is 10.3. The zero-order valence-electron chi connectivity index (χ0n) is 10.7. The molecule has 0 bridgehead atoms. The van der Waals surface area contributed by atoms with Gasteiger partial charge in [-0.2, -0.15) is 4.37 Å². The van der Waals surface area contributed by atoms with Crippen LogP contribution in [0.2, 0.25) is 0 Å². The van der Waals surface area contributed by atoms with E-state index in [4.69, 9.17) is 0 Å². The van der Waals surface area contributed by atoms with Crippen molar-refractivity contribution in [3.05, 3.63) is 21.4 Å². The van der Waals surface area contributed by atoms with Crippen molar-refractivity contribution in [2.45, 2.75) is 45.6 Å². The van der Waals surface area contributed by atoms with Gasteiger partial charge in [-0.3, -0.25) is 0 Å². The van der Waals surface area contributed by atoms with Crippen LogP contribution in [0.25, 0.3) is 0 Å². The molecule has 0 saturated heterocycles. The van der Waals surface area contributed by atoms with Crippen molar-refractivity contribution in [1.82, 2.24) is 14.3 Å². The SMILES string of the molecule is Cc1nc(C)c(C(C)Nc2nc(C3CC3)ns2)s1. The molecule has 1 unspecified atom stereocenters. The van der Waals surface area contributed by atoms with Crippen LogP contribution in [-0.4, -0.2) is 14.3 Å². The third-order valence-corrected chi connectivity index (χ3v) is 4.97. The fourth-order valence-corrected chi connectivity index (χ4v) is 3.66. The summed E-state index contributed by atoms with van der Waals surface area (Å²) in [6, 6.07) is 0.246. The molecule has 0 amide bonds. The molecule has 1 aliphatic rings. The van der Waals surface area contributed by atoms with Gasteiger partial charge in [-0.05, 0) is 33.6 Å². The summed E-state index contributed by atoms with van der Waals surface area (Å²) in [6.45, 7) is 6.26. The second kappa shape index (κ2) is 4.59. The Morgan fingerprint density at radius 3 is 2.67 bits per heavy atom. The molecule has 2 aromatic rings. The maximum atomic E-state index is 4.55. The topological polar surface area (TPSA) is 50.7 Å². The first kappa shape index (κ1) is 12.0. The third kappa shape index (κ3) is 2.40. The van der Waals surface area contributed by atoms with E-state index in [1.54, 1.807) is 11.3 Å². The molecule has 6 heteroatoms. The van der Waals surface area contributed by atoms with Gasteiger partial charge in [0.25, 0.3) is 0 Å². The predicted molar refractivity (Wildman–Crippen MR) is 75.5 cm³/mol. The van der Waals surface area contributed by atoms with Gasteiger partial charge >= 0.3 is 0 Å². The predicted octanol–water partition coefficient (Wildman–Crippen LogP) is 3.66. The van der Waals surface area contributed by atoms with E-state index in [1.165, 1.54) is 29.3 Å². The summed E-state index contributed by atoms with van der Waals surface area (Å²) in [5.41, 5.74) is 1.12. The highest BCUT2D eigenvalue weighted by Crippen LogP contribution is 2.39. The summed E-state index contributed by atoms with van der Waals surface area (Å²) < 4.78 is 4.41. The van der Waals surface area contributed by atoms with Gasteiger partial charge in [0.15, 0.2) is 0 Å². The minimum absolute atomic E-state index is 0.246. The second-order valence-electron chi connectivity index (χ2n) is 4.78. The smallest absolute Gasteiger partial charge is 0.203 e. The van der Waals surface area contributed by atoms with Gasteiger partial charge < -0.3 is 5.32 Å². The first-order valence-electron chi connectivity index (χ1n) is 6.17. The van der Waals surface area contributed by atoms with Crippen LogP contribution in [0.1, 0.15) is 53.1 Å². The molecule has 1 N–H and O–H groups in total. The van der Waals surface area contributed by atoms with Gasteiger partial charge in [0.1, 0.15) is 5.82 Å². The number of hydrogen-bond donors (Lipinski definition) is 1. The molecule has 1 aliphatic carbocycles. The van der Waals surface area contributed by atoms with E-state index in [-0.39, 0.29) is 6.04 Å². The van der Waals surface area contributed by atoms with Crippen LogP contribution in [0.4, 0.5) is 5.13 Å². The molecule has 0 radical (unpaired) electrons. The standard InChI is InChI=1S/C12H16N4S2/c1-6-10(17-8(3)13-6)7(2)14-12-15-11(16-18-12)9-4-5-9/h7,9H,4-5H2,1-3H3,(H,14,15,16). The highest BCUT2D eigenvalue weighted by Gasteiger charge is 2.28. The lowest BCUT2D eigenvalue weighted by molar-refractivity contribution is 0.880. The van der Waals surface area contributed by atoms with Crippen molar-refractivity contribution < 1.29 is 0 Å². The lowest BCUT2D eigenvalue weighted by atomic mass is 10.2. The number of hydrogen-bond acceptors (Lipinski definition) is 6. The number of aromatic nitrogens is 3. The van der Waals surface area contributed by atoms with Crippen LogP contribution in [0.5, 0.6) is 0 Å².